The van der Waals surface area contributed by atoms with Crippen LogP contribution >= 0.6 is 11.3 Å². The van der Waals surface area contributed by atoms with E-state index in [4.69, 9.17) is 0 Å². The molecule has 0 aliphatic carbocycles. The first-order chi connectivity index (χ1) is 10.6. The Labute approximate surface area is 138 Å². The third kappa shape index (κ3) is 4.76. The predicted molar refractivity (Wildman–Crippen MR) is 85.8 cm³/mol. The highest BCUT2D eigenvalue weighted by atomic mass is 32.2. The highest BCUT2D eigenvalue weighted by Crippen LogP contribution is 2.30. The minimum atomic E-state index is -4.46. The molecule has 2 aromatic rings. The molecular formula is C14H14F3N3OS2. The highest BCUT2D eigenvalue weighted by molar-refractivity contribution is 7.91. The standard InChI is InChI=1S/C14H14F3N3OS2/c1-13(2,3)23(21)20-8-10-7-19-12(22-10)9-4-5-11(18-6-9)14(15,16)17/h4-8H,1-3H3/b20-8+/t23-/m1/s1. The van der Waals surface area contributed by atoms with Crippen molar-refractivity contribution in [1.29, 1.82) is 0 Å². The molecule has 0 amide bonds. The van der Waals surface area contributed by atoms with Crippen LogP contribution in [-0.2, 0) is 17.5 Å². The van der Waals surface area contributed by atoms with Gasteiger partial charge in [-0.05, 0) is 32.9 Å². The first-order valence-corrected chi connectivity index (χ1v) is 8.45. The third-order valence-corrected chi connectivity index (χ3v) is 4.95. The lowest BCUT2D eigenvalue weighted by Gasteiger charge is -2.17. The van der Waals surface area contributed by atoms with Crippen LogP contribution in [0.1, 0.15) is 31.3 Å². The minimum Gasteiger partial charge on any atom is -0.591 e. The molecule has 1 atom stereocenters. The maximum absolute atomic E-state index is 12.5. The predicted octanol–water partition coefficient (Wildman–Crippen LogP) is 4.11. The Hall–Kier alpha value is -1.45. The van der Waals surface area contributed by atoms with Crippen LogP contribution in [0, 0.1) is 0 Å². The number of thiazole rings is 1. The largest absolute Gasteiger partial charge is 0.591 e. The second-order valence-corrected chi connectivity index (χ2v) is 8.59. The van der Waals surface area contributed by atoms with Gasteiger partial charge in [0.05, 0.1) is 11.1 Å². The van der Waals surface area contributed by atoms with Crippen LogP contribution in [0.3, 0.4) is 0 Å². The van der Waals surface area contributed by atoms with Gasteiger partial charge in [0, 0.05) is 18.0 Å². The Bertz CT molecular complexity index is 691. The maximum Gasteiger partial charge on any atom is 0.433 e. The molecule has 0 aromatic carbocycles. The first-order valence-electron chi connectivity index (χ1n) is 6.53. The van der Waals surface area contributed by atoms with Gasteiger partial charge in [0.2, 0.25) is 0 Å². The smallest absolute Gasteiger partial charge is 0.433 e. The number of nitrogens with zero attached hydrogens (tertiary/aromatic N) is 3. The van der Waals surface area contributed by atoms with Gasteiger partial charge in [-0.25, -0.2) is 4.98 Å². The van der Waals surface area contributed by atoms with Crippen LogP contribution in [0.2, 0.25) is 0 Å². The molecule has 2 aromatic heterocycles. The zero-order valence-electron chi connectivity index (χ0n) is 12.6. The summed E-state index contributed by atoms with van der Waals surface area (Å²) in [5.41, 5.74) is -0.459. The summed E-state index contributed by atoms with van der Waals surface area (Å²) >= 11 is -0.139. The van der Waals surface area contributed by atoms with Gasteiger partial charge in [-0.2, -0.15) is 13.2 Å². The second kappa shape index (κ2) is 6.58. The molecule has 0 saturated carbocycles. The van der Waals surface area contributed by atoms with Gasteiger partial charge in [-0.1, -0.05) is 4.40 Å². The average molecular weight is 361 g/mol. The summed E-state index contributed by atoms with van der Waals surface area (Å²) in [4.78, 5) is 8.19. The molecule has 2 heterocycles. The van der Waals surface area contributed by atoms with E-state index in [9.17, 15) is 17.7 Å². The fourth-order valence-corrected chi connectivity index (χ4v) is 2.80. The molecule has 0 unspecified atom stereocenters. The molecule has 4 nitrogen and oxygen atoms in total. The lowest BCUT2D eigenvalue weighted by atomic mass is 10.2. The van der Waals surface area contributed by atoms with Gasteiger partial charge in [-0.3, -0.25) is 4.98 Å². The fourth-order valence-electron chi connectivity index (χ4n) is 1.43. The van der Waals surface area contributed by atoms with Crippen molar-refractivity contribution in [2.75, 3.05) is 0 Å². The fraction of sp³-hybridized carbons (Fsp3) is 0.357. The summed E-state index contributed by atoms with van der Waals surface area (Å²) < 4.78 is 52.8. The Morgan fingerprint density at radius 3 is 2.39 bits per heavy atom. The number of rotatable bonds is 3. The first kappa shape index (κ1) is 17.9. The molecule has 0 radical (unpaired) electrons. The van der Waals surface area contributed by atoms with E-state index in [0.29, 0.717) is 15.4 Å². The van der Waals surface area contributed by atoms with Crippen LogP contribution in [-0.4, -0.2) is 25.5 Å². The van der Waals surface area contributed by atoms with E-state index < -0.39 is 28.0 Å². The SMILES string of the molecule is CC(C)(C)[S@@+]([O-])/N=C/c1cnc(-c2ccc(C(F)(F)F)nc2)s1. The van der Waals surface area contributed by atoms with E-state index in [1.165, 1.54) is 29.8 Å². The second-order valence-electron chi connectivity index (χ2n) is 5.59. The molecule has 0 aliphatic rings. The number of aromatic nitrogens is 2. The summed E-state index contributed by atoms with van der Waals surface area (Å²) in [7, 11) is 0. The number of hydrogen-bond donors (Lipinski definition) is 0. The quantitative estimate of drug-likeness (QED) is 0.611. The van der Waals surface area contributed by atoms with Gasteiger partial charge in [0.1, 0.15) is 26.8 Å². The molecule has 124 valence electrons. The van der Waals surface area contributed by atoms with Crippen LogP contribution in [0.15, 0.2) is 28.9 Å². The highest BCUT2D eigenvalue weighted by Gasteiger charge is 2.32. The van der Waals surface area contributed by atoms with Crippen LogP contribution in [0.5, 0.6) is 0 Å². The Balaban J connectivity index is 2.15. The maximum atomic E-state index is 12.5. The van der Waals surface area contributed by atoms with Crippen molar-refractivity contribution >= 4 is 28.9 Å². The number of pyridine rings is 1. The van der Waals surface area contributed by atoms with Crippen molar-refractivity contribution in [1.82, 2.24) is 9.97 Å². The summed E-state index contributed by atoms with van der Waals surface area (Å²) in [5.74, 6) is 0. The third-order valence-electron chi connectivity index (χ3n) is 2.62. The van der Waals surface area contributed by atoms with E-state index in [2.05, 4.69) is 14.4 Å². The van der Waals surface area contributed by atoms with E-state index >= 15 is 0 Å². The van der Waals surface area contributed by atoms with Crippen LogP contribution in [0.25, 0.3) is 10.6 Å². The number of halogens is 3. The van der Waals surface area contributed by atoms with Crippen molar-refractivity contribution in [3.63, 3.8) is 0 Å². The minimum absolute atomic E-state index is 0.457. The van der Waals surface area contributed by atoms with Gasteiger partial charge < -0.3 is 4.55 Å². The van der Waals surface area contributed by atoms with Crippen molar-refractivity contribution in [3.8, 4) is 10.6 Å². The lowest BCUT2D eigenvalue weighted by Crippen LogP contribution is -2.25. The Kier molecular flexibility index (Phi) is 5.12. The zero-order chi connectivity index (χ0) is 17.3. The molecule has 0 aliphatic heterocycles. The molecule has 0 N–H and O–H groups in total. The zero-order valence-corrected chi connectivity index (χ0v) is 14.2. The van der Waals surface area contributed by atoms with Gasteiger partial charge in [-0.15, -0.1) is 11.3 Å². The molecule has 0 bridgehead atoms. The molecule has 9 heteroatoms. The van der Waals surface area contributed by atoms with Crippen LogP contribution < -0.4 is 0 Å². The van der Waals surface area contributed by atoms with E-state index in [1.54, 1.807) is 0 Å². The summed E-state index contributed by atoms with van der Waals surface area (Å²) in [6.07, 6.45) is -0.340. The normalized spacial score (nSPS) is 14.4. The molecule has 0 spiro atoms. The summed E-state index contributed by atoms with van der Waals surface area (Å²) in [6.45, 7) is 5.44. The Morgan fingerprint density at radius 2 is 1.87 bits per heavy atom. The lowest BCUT2D eigenvalue weighted by molar-refractivity contribution is -0.141. The van der Waals surface area contributed by atoms with Gasteiger partial charge in [0.25, 0.3) is 0 Å². The van der Waals surface area contributed by atoms with Crippen molar-refractivity contribution in [2.45, 2.75) is 31.7 Å². The molecular weight excluding hydrogens is 347 g/mol. The monoisotopic (exact) mass is 361 g/mol. The van der Waals surface area contributed by atoms with Crippen LogP contribution in [0.4, 0.5) is 13.2 Å². The summed E-state index contributed by atoms with van der Waals surface area (Å²) in [6, 6.07) is 2.24. The Morgan fingerprint density at radius 1 is 1.17 bits per heavy atom. The summed E-state index contributed by atoms with van der Waals surface area (Å²) in [5, 5.41) is 0.522. The molecule has 2 rings (SSSR count). The van der Waals surface area contributed by atoms with Crippen molar-refractivity contribution in [2.24, 2.45) is 4.40 Å². The van der Waals surface area contributed by atoms with Crippen molar-refractivity contribution < 1.29 is 17.7 Å². The van der Waals surface area contributed by atoms with E-state index in [-0.39, 0.29) is 0 Å². The van der Waals surface area contributed by atoms with Gasteiger partial charge >= 0.3 is 6.18 Å². The van der Waals surface area contributed by atoms with E-state index in [1.807, 2.05) is 20.8 Å². The average Bonchev–Trinajstić information content (AvgIpc) is 2.91. The molecule has 0 fully saturated rings. The van der Waals surface area contributed by atoms with Gasteiger partial charge in [0.15, 0.2) is 0 Å². The topological polar surface area (TPSA) is 61.2 Å². The molecule has 0 saturated heterocycles. The number of alkyl halides is 3. The van der Waals surface area contributed by atoms with E-state index in [0.717, 1.165) is 12.3 Å². The van der Waals surface area contributed by atoms with Crippen molar-refractivity contribution in [3.05, 3.63) is 35.1 Å². The number of hydrogen-bond acceptors (Lipinski definition) is 5. The molecule has 23 heavy (non-hydrogen) atoms.